The maximum absolute atomic E-state index is 11.2. The Morgan fingerprint density at radius 3 is 3.00 bits per heavy atom. The minimum Gasteiger partial charge on any atom is -0.466 e. The van der Waals surface area contributed by atoms with Crippen LogP contribution < -0.4 is 0 Å². The lowest BCUT2D eigenvalue weighted by molar-refractivity contribution is -0.142. The van der Waals surface area contributed by atoms with Crippen LogP contribution in [-0.4, -0.2) is 17.6 Å². The van der Waals surface area contributed by atoms with Gasteiger partial charge in [-0.3, -0.25) is 9.78 Å². The smallest absolute Gasteiger partial charge is 0.310 e. The third-order valence-electron chi connectivity index (χ3n) is 1.76. The summed E-state index contributed by atoms with van der Waals surface area (Å²) in [6.07, 6.45) is 3.00. The molecule has 0 unspecified atom stereocenters. The average Bonchev–Trinajstić information content (AvgIpc) is 2.18. The summed E-state index contributed by atoms with van der Waals surface area (Å²) in [5, 5.41) is 8.86. The number of aromatic nitrogens is 1. The molecule has 0 N–H and O–H groups in total. The molecule has 0 amide bonds. The highest BCUT2D eigenvalue weighted by molar-refractivity contribution is 7.80. The Morgan fingerprint density at radius 1 is 1.67 bits per heavy atom. The van der Waals surface area contributed by atoms with Crippen LogP contribution in [0.15, 0.2) is 17.3 Å². The monoisotopic (exact) mass is 222 g/mol. The summed E-state index contributed by atoms with van der Waals surface area (Å²) in [7, 11) is 0. The van der Waals surface area contributed by atoms with Crippen LogP contribution in [0.4, 0.5) is 0 Å². The van der Waals surface area contributed by atoms with Crippen molar-refractivity contribution in [2.75, 3.05) is 6.61 Å². The average molecular weight is 222 g/mol. The second-order valence-corrected chi connectivity index (χ2v) is 3.27. The predicted octanol–water partition coefficient (Wildman–Crippen LogP) is 1.35. The maximum atomic E-state index is 11.2. The van der Waals surface area contributed by atoms with Gasteiger partial charge in [0.25, 0.3) is 0 Å². The Kier molecular flexibility index (Phi) is 4.13. The van der Waals surface area contributed by atoms with Crippen LogP contribution in [0.5, 0.6) is 0 Å². The first-order chi connectivity index (χ1) is 7.19. The standard InChI is InChI=1S/C10H10N2O2S/c1-2-14-10(13)3-7-5-12-6-9(15)8(7)4-11/h5-6,15H,2-3H2,1H3. The highest BCUT2D eigenvalue weighted by Gasteiger charge is 2.11. The molecule has 0 aliphatic heterocycles. The second kappa shape index (κ2) is 5.37. The van der Waals surface area contributed by atoms with E-state index in [4.69, 9.17) is 10.00 Å². The van der Waals surface area contributed by atoms with E-state index < -0.39 is 0 Å². The number of carbonyl (C=O) groups is 1. The van der Waals surface area contributed by atoms with Crippen LogP contribution in [-0.2, 0) is 16.0 Å². The zero-order valence-corrected chi connectivity index (χ0v) is 9.12. The molecule has 1 heterocycles. The summed E-state index contributed by atoms with van der Waals surface area (Å²) in [5.41, 5.74) is 0.921. The summed E-state index contributed by atoms with van der Waals surface area (Å²) in [6, 6.07) is 1.99. The van der Waals surface area contributed by atoms with Gasteiger partial charge in [0.1, 0.15) is 6.07 Å². The summed E-state index contributed by atoms with van der Waals surface area (Å²) >= 11 is 4.09. The molecule has 0 atom stereocenters. The number of esters is 1. The van der Waals surface area contributed by atoms with E-state index >= 15 is 0 Å². The third-order valence-corrected chi connectivity index (χ3v) is 2.10. The fourth-order valence-electron chi connectivity index (χ4n) is 1.12. The third kappa shape index (κ3) is 2.96. The van der Waals surface area contributed by atoms with Crippen LogP contribution in [0.3, 0.4) is 0 Å². The zero-order valence-electron chi connectivity index (χ0n) is 8.23. The van der Waals surface area contributed by atoms with E-state index in [1.807, 2.05) is 6.07 Å². The molecule has 0 saturated carbocycles. The molecule has 0 radical (unpaired) electrons. The first-order valence-electron chi connectivity index (χ1n) is 4.40. The molecule has 1 aromatic rings. The molecular formula is C10H10N2O2S. The molecule has 0 aromatic carbocycles. The molecule has 15 heavy (non-hydrogen) atoms. The molecule has 0 fully saturated rings. The van der Waals surface area contributed by atoms with Gasteiger partial charge < -0.3 is 4.74 Å². The van der Waals surface area contributed by atoms with Crippen LogP contribution in [0.2, 0.25) is 0 Å². The van der Waals surface area contributed by atoms with Gasteiger partial charge in [-0.2, -0.15) is 5.26 Å². The number of nitrogens with zero attached hydrogens (tertiary/aromatic N) is 2. The van der Waals surface area contributed by atoms with Crippen molar-refractivity contribution in [2.45, 2.75) is 18.2 Å². The van der Waals surface area contributed by atoms with E-state index in [1.165, 1.54) is 12.4 Å². The number of pyridine rings is 1. The number of hydrogen-bond donors (Lipinski definition) is 1. The molecule has 0 bridgehead atoms. The van der Waals surface area contributed by atoms with Crippen molar-refractivity contribution in [3.8, 4) is 6.07 Å². The molecule has 0 spiro atoms. The highest BCUT2D eigenvalue weighted by atomic mass is 32.1. The van der Waals surface area contributed by atoms with Crippen molar-refractivity contribution in [3.63, 3.8) is 0 Å². The second-order valence-electron chi connectivity index (χ2n) is 2.79. The van der Waals surface area contributed by atoms with E-state index in [0.717, 1.165) is 0 Å². The molecule has 0 aliphatic carbocycles. The van der Waals surface area contributed by atoms with Gasteiger partial charge in [0.15, 0.2) is 0 Å². The van der Waals surface area contributed by atoms with E-state index in [2.05, 4.69) is 17.6 Å². The number of hydrogen-bond acceptors (Lipinski definition) is 5. The summed E-state index contributed by atoms with van der Waals surface area (Å²) in [5.74, 6) is -0.366. The fourth-order valence-corrected chi connectivity index (χ4v) is 1.38. The Bertz CT molecular complexity index is 412. The number of rotatable bonds is 3. The minimum absolute atomic E-state index is 0.0537. The van der Waals surface area contributed by atoms with Gasteiger partial charge in [0.2, 0.25) is 0 Å². The van der Waals surface area contributed by atoms with E-state index in [9.17, 15) is 4.79 Å². The Labute approximate surface area is 93.3 Å². The summed E-state index contributed by atoms with van der Waals surface area (Å²) in [4.78, 5) is 15.5. The van der Waals surface area contributed by atoms with Crippen LogP contribution >= 0.6 is 12.6 Å². The van der Waals surface area contributed by atoms with E-state index in [1.54, 1.807) is 6.92 Å². The van der Waals surface area contributed by atoms with Crippen molar-refractivity contribution < 1.29 is 9.53 Å². The lowest BCUT2D eigenvalue weighted by Crippen LogP contribution is -2.09. The van der Waals surface area contributed by atoms with Crippen molar-refractivity contribution >= 4 is 18.6 Å². The lowest BCUT2D eigenvalue weighted by atomic mass is 10.1. The molecule has 0 saturated heterocycles. The van der Waals surface area contributed by atoms with Crippen molar-refractivity contribution in [1.29, 1.82) is 5.26 Å². The zero-order chi connectivity index (χ0) is 11.3. The largest absolute Gasteiger partial charge is 0.466 e. The van der Waals surface area contributed by atoms with Gasteiger partial charge in [0, 0.05) is 22.9 Å². The normalized spacial score (nSPS) is 9.40. The van der Waals surface area contributed by atoms with Crippen LogP contribution in [0, 0.1) is 11.3 Å². The minimum atomic E-state index is -0.366. The van der Waals surface area contributed by atoms with Gasteiger partial charge in [-0.1, -0.05) is 0 Å². The Morgan fingerprint density at radius 2 is 2.40 bits per heavy atom. The highest BCUT2D eigenvalue weighted by Crippen LogP contribution is 2.16. The number of nitriles is 1. The van der Waals surface area contributed by atoms with Crippen molar-refractivity contribution in [1.82, 2.24) is 4.98 Å². The summed E-state index contributed by atoms with van der Waals surface area (Å²) < 4.78 is 4.78. The molecule has 4 nitrogen and oxygen atoms in total. The Hall–Kier alpha value is -1.54. The molecule has 5 heteroatoms. The topological polar surface area (TPSA) is 63.0 Å². The molecule has 0 aliphatic rings. The van der Waals surface area contributed by atoms with Gasteiger partial charge >= 0.3 is 5.97 Å². The molecular weight excluding hydrogens is 212 g/mol. The molecule has 1 rings (SSSR count). The van der Waals surface area contributed by atoms with Crippen LogP contribution in [0.1, 0.15) is 18.1 Å². The van der Waals surface area contributed by atoms with Gasteiger partial charge in [-0.05, 0) is 6.92 Å². The summed E-state index contributed by atoms with van der Waals surface area (Å²) in [6.45, 7) is 2.06. The molecule has 1 aromatic heterocycles. The van der Waals surface area contributed by atoms with E-state index in [0.29, 0.717) is 22.6 Å². The number of thiol groups is 1. The quantitative estimate of drug-likeness (QED) is 0.619. The SMILES string of the molecule is CCOC(=O)Cc1cncc(S)c1C#N. The number of ether oxygens (including phenoxy) is 1. The van der Waals surface area contributed by atoms with Gasteiger partial charge in [0.05, 0.1) is 18.6 Å². The van der Waals surface area contributed by atoms with Gasteiger partial charge in [-0.25, -0.2) is 0 Å². The van der Waals surface area contributed by atoms with Gasteiger partial charge in [-0.15, -0.1) is 12.6 Å². The van der Waals surface area contributed by atoms with Crippen molar-refractivity contribution in [3.05, 3.63) is 23.5 Å². The number of carbonyl (C=O) groups excluding carboxylic acids is 1. The first kappa shape index (κ1) is 11.5. The predicted molar refractivity (Wildman–Crippen MR) is 56.5 cm³/mol. The first-order valence-corrected chi connectivity index (χ1v) is 4.85. The maximum Gasteiger partial charge on any atom is 0.310 e. The molecule has 78 valence electrons. The fraction of sp³-hybridized carbons (Fsp3) is 0.300. The Balaban J connectivity index is 2.91. The lowest BCUT2D eigenvalue weighted by Gasteiger charge is -2.04. The van der Waals surface area contributed by atoms with Crippen LogP contribution in [0.25, 0.3) is 0 Å². The van der Waals surface area contributed by atoms with E-state index in [-0.39, 0.29) is 12.4 Å². The van der Waals surface area contributed by atoms with Crippen molar-refractivity contribution in [2.24, 2.45) is 0 Å².